The molecule has 0 aromatic heterocycles. The Balaban J connectivity index is 1.64. The van der Waals surface area contributed by atoms with Gasteiger partial charge in [0.15, 0.2) is 11.5 Å². The van der Waals surface area contributed by atoms with Crippen molar-refractivity contribution in [3.05, 3.63) is 11.6 Å². The summed E-state index contributed by atoms with van der Waals surface area (Å²) < 4.78 is 17.8. The molecule has 0 radical (unpaired) electrons. The highest BCUT2D eigenvalue weighted by Gasteiger charge is 2.71. The minimum Gasteiger partial charge on any atom is -0.493 e. The van der Waals surface area contributed by atoms with Crippen molar-refractivity contribution in [3.8, 4) is 17.2 Å². The van der Waals surface area contributed by atoms with Crippen molar-refractivity contribution in [2.75, 3.05) is 45.4 Å². The van der Waals surface area contributed by atoms with Crippen LogP contribution in [-0.2, 0) is 5.41 Å². The zero-order chi connectivity index (χ0) is 21.5. The minimum absolute atomic E-state index is 0.0968. The molecule has 1 aromatic carbocycles. The van der Waals surface area contributed by atoms with Gasteiger partial charge in [-0.3, -0.25) is 4.90 Å². The van der Waals surface area contributed by atoms with Gasteiger partial charge in [-0.2, -0.15) is 0 Å². The number of aliphatic hydroxyl groups excluding tert-OH is 2. The smallest absolute Gasteiger partial charge is 0.205 e. The van der Waals surface area contributed by atoms with Crippen LogP contribution in [0.3, 0.4) is 0 Å². The van der Waals surface area contributed by atoms with E-state index in [1.54, 1.807) is 14.2 Å². The van der Waals surface area contributed by atoms with Crippen molar-refractivity contribution >= 4 is 5.69 Å². The number of rotatable bonds is 4. The quantitative estimate of drug-likeness (QED) is 0.756. The van der Waals surface area contributed by atoms with E-state index in [-0.39, 0.29) is 35.6 Å². The molecule has 7 heteroatoms. The van der Waals surface area contributed by atoms with E-state index in [2.05, 4.69) is 22.8 Å². The Bertz CT molecular complexity index is 904. The van der Waals surface area contributed by atoms with E-state index < -0.39 is 6.10 Å². The van der Waals surface area contributed by atoms with Crippen LogP contribution >= 0.6 is 0 Å². The second kappa shape index (κ2) is 6.65. The van der Waals surface area contributed by atoms with Gasteiger partial charge in [0.05, 0.1) is 32.1 Å². The molecule has 31 heavy (non-hydrogen) atoms. The number of aliphatic hydroxyl groups is 2. The lowest BCUT2D eigenvalue weighted by Gasteiger charge is -2.61. The van der Waals surface area contributed by atoms with E-state index in [1.807, 2.05) is 0 Å². The predicted molar refractivity (Wildman–Crippen MR) is 116 cm³/mol. The number of nitrogens with zero attached hydrogens (tertiary/aromatic N) is 2. The van der Waals surface area contributed by atoms with Crippen LogP contribution in [0, 0.1) is 5.41 Å². The molecule has 7 nitrogen and oxygen atoms in total. The number of piperidine rings is 1. The fraction of sp³-hybridized carbons (Fsp3) is 0.750. The molecule has 1 aliphatic carbocycles. The Kier molecular flexibility index (Phi) is 4.28. The largest absolute Gasteiger partial charge is 0.493 e. The van der Waals surface area contributed by atoms with Crippen LogP contribution in [0.15, 0.2) is 6.07 Å². The Hall–Kier alpha value is -1.70. The Morgan fingerprint density at radius 2 is 2.06 bits per heavy atom. The molecule has 5 aliphatic rings. The normalized spacial score (nSPS) is 40.1. The molecule has 2 saturated heterocycles. The number of methoxy groups -OCH3 is 2. The van der Waals surface area contributed by atoms with E-state index in [4.69, 9.17) is 14.2 Å². The first-order valence-corrected chi connectivity index (χ1v) is 11.8. The van der Waals surface area contributed by atoms with Crippen molar-refractivity contribution in [1.29, 1.82) is 0 Å². The Morgan fingerprint density at radius 1 is 1.23 bits per heavy atom. The fourth-order valence-electron chi connectivity index (χ4n) is 8.26. The zero-order valence-electron chi connectivity index (χ0n) is 18.8. The van der Waals surface area contributed by atoms with Gasteiger partial charge >= 0.3 is 0 Å². The van der Waals surface area contributed by atoms with Crippen LogP contribution in [0.4, 0.5) is 5.69 Å². The molecule has 0 unspecified atom stereocenters. The van der Waals surface area contributed by atoms with Gasteiger partial charge in [0, 0.05) is 29.5 Å². The van der Waals surface area contributed by atoms with Crippen LogP contribution in [0.25, 0.3) is 0 Å². The summed E-state index contributed by atoms with van der Waals surface area (Å²) in [5.41, 5.74) is 2.07. The van der Waals surface area contributed by atoms with Crippen LogP contribution in [-0.4, -0.2) is 79.9 Å². The SMILES string of the molecule is COc1cc2c3c(c1OC)OC[C@@H](C)N3[C@@H]1C[C@H](O)[C@@]3(CCO)CCCN4CC[C@@]21[C@H]43. The average molecular weight is 431 g/mol. The first-order chi connectivity index (χ1) is 15.0. The number of benzene rings is 1. The highest BCUT2D eigenvalue weighted by atomic mass is 16.5. The summed E-state index contributed by atoms with van der Waals surface area (Å²) in [5, 5.41) is 21.7. The molecule has 0 bridgehead atoms. The Morgan fingerprint density at radius 3 is 2.81 bits per heavy atom. The summed E-state index contributed by atoms with van der Waals surface area (Å²) in [6.45, 7) is 5.04. The van der Waals surface area contributed by atoms with E-state index >= 15 is 0 Å². The number of anilines is 1. The summed E-state index contributed by atoms with van der Waals surface area (Å²) >= 11 is 0. The highest BCUT2D eigenvalue weighted by Crippen LogP contribution is 2.69. The summed E-state index contributed by atoms with van der Waals surface area (Å²) in [4.78, 5) is 5.14. The summed E-state index contributed by atoms with van der Waals surface area (Å²) in [7, 11) is 3.35. The highest BCUT2D eigenvalue weighted by molar-refractivity contribution is 5.81. The molecule has 170 valence electrons. The lowest BCUT2D eigenvalue weighted by Crippen LogP contribution is -2.70. The van der Waals surface area contributed by atoms with Gasteiger partial charge in [0.25, 0.3) is 0 Å². The number of fused-ring (bicyclic) bond motifs is 1. The van der Waals surface area contributed by atoms with E-state index in [0.29, 0.717) is 24.5 Å². The molecular formula is C24H34N2O5. The van der Waals surface area contributed by atoms with Gasteiger partial charge < -0.3 is 29.3 Å². The maximum atomic E-state index is 11.6. The second-order valence-electron chi connectivity index (χ2n) is 10.2. The first-order valence-electron chi connectivity index (χ1n) is 11.8. The van der Waals surface area contributed by atoms with Crippen molar-refractivity contribution in [1.82, 2.24) is 4.90 Å². The molecule has 2 N–H and O–H groups in total. The summed E-state index contributed by atoms with van der Waals surface area (Å²) in [6, 6.07) is 2.84. The first kappa shape index (κ1) is 19.9. The van der Waals surface area contributed by atoms with Crippen LogP contribution in [0.2, 0.25) is 0 Å². The molecule has 6 atom stereocenters. The van der Waals surface area contributed by atoms with Gasteiger partial charge in [-0.15, -0.1) is 0 Å². The third-order valence-electron chi connectivity index (χ3n) is 9.22. The predicted octanol–water partition coefficient (Wildman–Crippen LogP) is 1.91. The number of ether oxygens (including phenoxy) is 3. The van der Waals surface area contributed by atoms with Crippen molar-refractivity contribution in [2.24, 2.45) is 5.41 Å². The standard InChI is InChI=1S/C24H34N2O5/c1-14-13-31-21-19-15(11-16(29-2)20(21)30-3)24-6-9-25-8-4-5-23(7-10-27,22(24)25)18(28)12-17(24)26(14)19/h11,14,17-18,22,27-28H,4-10,12-13H2,1-3H3/t14-,17-,18+,22-,23+,24-/m1/s1. The van der Waals surface area contributed by atoms with E-state index in [1.165, 1.54) is 5.56 Å². The monoisotopic (exact) mass is 430 g/mol. The summed E-state index contributed by atoms with van der Waals surface area (Å²) in [5.74, 6) is 2.16. The molecule has 1 aromatic rings. The van der Waals surface area contributed by atoms with Gasteiger partial charge in [-0.05, 0) is 63.7 Å². The topological polar surface area (TPSA) is 74.6 Å². The second-order valence-corrected chi connectivity index (χ2v) is 10.2. The van der Waals surface area contributed by atoms with Crippen LogP contribution in [0.5, 0.6) is 17.2 Å². The summed E-state index contributed by atoms with van der Waals surface area (Å²) in [6.07, 6.45) is 4.10. The third kappa shape index (κ3) is 2.20. The Labute approximate surface area is 183 Å². The number of hydrogen-bond acceptors (Lipinski definition) is 7. The minimum atomic E-state index is -0.416. The average Bonchev–Trinajstić information content (AvgIpc) is 3.30. The van der Waals surface area contributed by atoms with Crippen molar-refractivity contribution < 1.29 is 24.4 Å². The molecule has 4 aliphatic heterocycles. The molecule has 6 rings (SSSR count). The molecule has 4 heterocycles. The zero-order valence-corrected chi connectivity index (χ0v) is 18.8. The number of hydrogen-bond donors (Lipinski definition) is 2. The van der Waals surface area contributed by atoms with Crippen LogP contribution in [0.1, 0.15) is 44.6 Å². The van der Waals surface area contributed by atoms with Gasteiger partial charge in [-0.25, -0.2) is 0 Å². The maximum absolute atomic E-state index is 11.6. The van der Waals surface area contributed by atoms with Crippen LogP contribution < -0.4 is 19.1 Å². The molecule has 1 spiro atoms. The van der Waals surface area contributed by atoms with Gasteiger partial charge in [0.1, 0.15) is 6.61 Å². The maximum Gasteiger partial charge on any atom is 0.205 e. The lowest BCUT2D eigenvalue weighted by molar-refractivity contribution is -0.127. The molecular weight excluding hydrogens is 396 g/mol. The van der Waals surface area contributed by atoms with E-state index in [0.717, 1.165) is 50.2 Å². The lowest BCUT2D eigenvalue weighted by atomic mass is 9.51. The van der Waals surface area contributed by atoms with Crippen molar-refractivity contribution in [2.45, 2.75) is 68.7 Å². The fourth-order valence-corrected chi connectivity index (χ4v) is 8.26. The molecule has 0 amide bonds. The molecule has 1 saturated carbocycles. The third-order valence-corrected chi connectivity index (χ3v) is 9.22. The van der Waals surface area contributed by atoms with Gasteiger partial charge in [-0.1, -0.05) is 0 Å². The molecule has 3 fully saturated rings. The van der Waals surface area contributed by atoms with Gasteiger partial charge in [0.2, 0.25) is 5.75 Å². The van der Waals surface area contributed by atoms with E-state index in [9.17, 15) is 10.2 Å². The van der Waals surface area contributed by atoms with Crippen molar-refractivity contribution in [3.63, 3.8) is 0 Å².